The molecule has 1 aliphatic rings. The number of aromatic nitrogens is 3. The number of nitrogens with one attached hydrogen (secondary N) is 1. The van der Waals surface area contributed by atoms with Gasteiger partial charge in [-0.2, -0.15) is 0 Å². The number of rotatable bonds is 9. The number of anilines is 1. The van der Waals surface area contributed by atoms with E-state index in [-0.39, 0.29) is 0 Å². The minimum absolute atomic E-state index is 0.412. The number of carbonyl (C=O) groups excluding carboxylic acids is 1. The van der Waals surface area contributed by atoms with E-state index in [4.69, 9.17) is 19.7 Å². The predicted octanol–water partition coefficient (Wildman–Crippen LogP) is 6.25. The summed E-state index contributed by atoms with van der Waals surface area (Å²) in [6.45, 7) is 2.07. The number of carbonyl (C=O) groups is 1. The Kier molecular flexibility index (Phi) is 7.93. The van der Waals surface area contributed by atoms with Gasteiger partial charge in [-0.1, -0.05) is 56.2 Å². The number of esters is 1. The molecule has 1 fully saturated rings. The van der Waals surface area contributed by atoms with Gasteiger partial charge in [0.05, 0.1) is 18.9 Å². The maximum atomic E-state index is 12.0. The quantitative estimate of drug-likeness (QED) is 0.243. The second kappa shape index (κ2) is 11.6. The highest BCUT2D eigenvalue weighted by Crippen LogP contribution is 2.41. The molecule has 1 aliphatic carbocycles. The molecular formula is C31H32N4O4S. The standard InChI is InChI=1S/C31H32N4O4S/c1-4-8-23-19-24(35-40(3,37)38)17-18-26(23)29-32-28(21-13-15-22(16-14-21)31(36)39-2)33-30(34-29)27-12-6-5-11-25(27)20-9-7-10-20/h5-6,11-20,35H,4,7-10H2,1-3H3. The molecule has 3 aromatic carbocycles. The summed E-state index contributed by atoms with van der Waals surface area (Å²) in [4.78, 5) is 26.7. The topological polar surface area (TPSA) is 111 Å². The number of hydrogen-bond acceptors (Lipinski definition) is 7. The average Bonchev–Trinajstić information content (AvgIpc) is 2.91. The van der Waals surface area contributed by atoms with Crippen LogP contribution in [0, 0.1) is 0 Å². The minimum Gasteiger partial charge on any atom is -0.465 e. The molecule has 5 rings (SSSR count). The van der Waals surface area contributed by atoms with Crippen LogP contribution in [0.15, 0.2) is 66.7 Å². The monoisotopic (exact) mass is 556 g/mol. The fourth-order valence-electron chi connectivity index (χ4n) is 4.96. The van der Waals surface area contributed by atoms with Crippen LogP contribution >= 0.6 is 0 Å². The molecule has 1 heterocycles. The van der Waals surface area contributed by atoms with Crippen molar-refractivity contribution in [2.45, 2.75) is 44.9 Å². The highest BCUT2D eigenvalue weighted by molar-refractivity contribution is 7.92. The third-order valence-corrected chi connectivity index (χ3v) is 7.72. The van der Waals surface area contributed by atoms with E-state index in [1.54, 1.807) is 30.3 Å². The fourth-order valence-corrected chi connectivity index (χ4v) is 5.52. The number of aryl methyl sites for hydroxylation is 1. The second-order valence-corrected chi connectivity index (χ2v) is 11.8. The summed E-state index contributed by atoms with van der Waals surface area (Å²) in [6, 6.07) is 20.7. The smallest absolute Gasteiger partial charge is 0.337 e. The van der Waals surface area contributed by atoms with Gasteiger partial charge in [0, 0.05) is 22.4 Å². The molecule has 1 aromatic heterocycles. The number of nitrogens with zero attached hydrogens (tertiary/aromatic N) is 3. The van der Waals surface area contributed by atoms with Gasteiger partial charge in [0.15, 0.2) is 17.5 Å². The van der Waals surface area contributed by atoms with Crippen LogP contribution in [0.4, 0.5) is 5.69 Å². The molecule has 40 heavy (non-hydrogen) atoms. The van der Waals surface area contributed by atoms with Crippen molar-refractivity contribution in [1.82, 2.24) is 15.0 Å². The Balaban J connectivity index is 1.67. The van der Waals surface area contributed by atoms with Crippen LogP contribution in [-0.4, -0.2) is 42.7 Å². The lowest BCUT2D eigenvalue weighted by atomic mass is 9.78. The summed E-state index contributed by atoms with van der Waals surface area (Å²) < 4.78 is 31.1. The summed E-state index contributed by atoms with van der Waals surface area (Å²) in [6.07, 6.45) is 6.22. The largest absolute Gasteiger partial charge is 0.465 e. The van der Waals surface area contributed by atoms with Gasteiger partial charge in [0.1, 0.15) is 0 Å². The van der Waals surface area contributed by atoms with Crippen LogP contribution in [0.25, 0.3) is 34.2 Å². The lowest BCUT2D eigenvalue weighted by molar-refractivity contribution is 0.0600. The Labute approximate surface area is 234 Å². The van der Waals surface area contributed by atoms with E-state index in [1.165, 1.54) is 19.1 Å². The molecule has 9 heteroatoms. The van der Waals surface area contributed by atoms with Gasteiger partial charge in [-0.05, 0) is 66.6 Å². The zero-order valence-corrected chi connectivity index (χ0v) is 23.7. The van der Waals surface area contributed by atoms with Crippen molar-refractivity contribution in [3.05, 3.63) is 83.4 Å². The SMILES string of the molecule is CCCc1cc(NS(C)(=O)=O)ccc1-c1nc(-c2ccc(C(=O)OC)cc2)nc(-c2ccccc2C2CCC2)n1. The first-order valence-corrected chi connectivity index (χ1v) is 15.3. The Hall–Kier alpha value is -4.11. The van der Waals surface area contributed by atoms with E-state index >= 15 is 0 Å². The van der Waals surface area contributed by atoms with E-state index < -0.39 is 16.0 Å². The van der Waals surface area contributed by atoms with Gasteiger partial charge in [0.2, 0.25) is 10.0 Å². The molecule has 0 bridgehead atoms. The van der Waals surface area contributed by atoms with Gasteiger partial charge in [-0.25, -0.2) is 28.2 Å². The maximum absolute atomic E-state index is 12.0. The highest BCUT2D eigenvalue weighted by atomic mass is 32.2. The first kappa shape index (κ1) is 27.5. The van der Waals surface area contributed by atoms with Gasteiger partial charge in [-0.3, -0.25) is 4.72 Å². The highest BCUT2D eigenvalue weighted by Gasteiger charge is 2.24. The van der Waals surface area contributed by atoms with Crippen LogP contribution in [0.1, 0.15) is 60.0 Å². The molecule has 0 radical (unpaired) electrons. The number of ether oxygens (including phenoxy) is 1. The summed E-state index contributed by atoms with van der Waals surface area (Å²) in [5.74, 6) is 1.65. The molecule has 8 nitrogen and oxygen atoms in total. The van der Waals surface area contributed by atoms with E-state index in [1.807, 2.05) is 18.2 Å². The average molecular weight is 557 g/mol. The van der Waals surface area contributed by atoms with E-state index in [2.05, 4.69) is 29.8 Å². The summed E-state index contributed by atoms with van der Waals surface area (Å²) >= 11 is 0. The molecule has 206 valence electrons. The summed E-state index contributed by atoms with van der Waals surface area (Å²) in [5.41, 5.74) is 5.65. The van der Waals surface area contributed by atoms with Crippen molar-refractivity contribution in [3.63, 3.8) is 0 Å². The van der Waals surface area contributed by atoms with Gasteiger partial charge in [0.25, 0.3) is 0 Å². The van der Waals surface area contributed by atoms with Gasteiger partial charge in [-0.15, -0.1) is 0 Å². The van der Waals surface area contributed by atoms with Crippen LogP contribution in [0.3, 0.4) is 0 Å². The Morgan fingerprint density at radius 3 is 2.23 bits per heavy atom. The molecule has 0 aliphatic heterocycles. The lowest BCUT2D eigenvalue weighted by Gasteiger charge is -2.27. The van der Waals surface area contributed by atoms with E-state index in [0.717, 1.165) is 54.2 Å². The Bertz CT molecular complexity index is 1650. The normalized spacial score (nSPS) is 13.5. The van der Waals surface area contributed by atoms with Crippen molar-refractivity contribution in [1.29, 1.82) is 0 Å². The summed E-state index contributed by atoms with van der Waals surface area (Å²) in [5, 5.41) is 0. The first-order chi connectivity index (χ1) is 19.3. The Morgan fingerprint density at radius 2 is 1.60 bits per heavy atom. The van der Waals surface area contributed by atoms with Crippen LogP contribution < -0.4 is 4.72 Å². The van der Waals surface area contributed by atoms with E-state index in [0.29, 0.717) is 34.6 Å². The zero-order chi connectivity index (χ0) is 28.3. The molecule has 0 amide bonds. The van der Waals surface area contributed by atoms with Crippen molar-refractivity contribution >= 4 is 21.7 Å². The van der Waals surface area contributed by atoms with Crippen molar-refractivity contribution in [2.24, 2.45) is 0 Å². The molecule has 0 spiro atoms. The van der Waals surface area contributed by atoms with Crippen molar-refractivity contribution in [3.8, 4) is 34.2 Å². The molecule has 1 N–H and O–H groups in total. The predicted molar refractivity (Wildman–Crippen MR) is 157 cm³/mol. The van der Waals surface area contributed by atoms with Crippen LogP contribution in [0.5, 0.6) is 0 Å². The molecule has 0 atom stereocenters. The zero-order valence-electron chi connectivity index (χ0n) is 22.8. The number of benzene rings is 3. The number of methoxy groups -OCH3 is 1. The maximum Gasteiger partial charge on any atom is 0.337 e. The minimum atomic E-state index is -3.42. The molecule has 4 aromatic rings. The second-order valence-electron chi connectivity index (χ2n) is 10.1. The Morgan fingerprint density at radius 1 is 0.925 bits per heavy atom. The summed E-state index contributed by atoms with van der Waals surface area (Å²) in [7, 11) is -2.07. The van der Waals surface area contributed by atoms with Crippen LogP contribution in [-0.2, 0) is 21.2 Å². The molecule has 0 saturated heterocycles. The van der Waals surface area contributed by atoms with E-state index in [9.17, 15) is 13.2 Å². The van der Waals surface area contributed by atoms with Crippen molar-refractivity contribution < 1.29 is 17.9 Å². The lowest BCUT2D eigenvalue weighted by Crippen LogP contribution is -2.11. The first-order valence-electron chi connectivity index (χ1n) is 13.4. The third kappa shape index (κ3) is 6.04. The van der Waals surface area contributed by atoms with Gasteiger partial charge < -0.3 is 4.74 Å². The molecular weight excluding hydrogens is 524 g/mol. The number of sulfonamides is 1. The van der Waals surface area contributed by atoms with Crippen molar-refractivity contribution in [2.75, 3.05) is 18.1 Å². The van der Waals surface area contributed by atoms with Crippen LogP contribution in [0.2, 0.25) is 0 Å². The van der Waals surface area contributed by atoms with Gasteiger partial charge >= 0.3 is 5.97 Å². The fraction of sp³-hybridized carbons (Fsp3) is 0.290. The molecule has 0 unspecified atom stereocenters. The number of hydrogen-bond donors (Lipinski definition) is 1. The third-order valence-electron chi connectivity index (χ3n) is 7.12. The molecule has 1 saturated carbocycles.